The van der Waals surface area contributed by atoms with Crippen molar-refractivity contribution in [3.8, 4) is 5.75 Å². The SMILES string of the molecule is C[C@@H](C(=O)O)N(C)[P+](=O)Oc1ccccc1. The maximum absolute atomic E-state index is 11.6. The van der Waals surface area contributed by atoms with Crippen LogP contribution in [0.1, 0.15) is 6.92 Å². The number of para-hydroxylation sites is 1. The van der Waals surface area contributed by atoms with Gasteiger partial charge in [0.25, 0.3) is 0 Å². The van der Waals surface area contributed by atoms with Gasteiger partial charge in [0.15, 0.2) is 11.8 Å². The fourth-order valence-electron chi connectivity index (χ4n) is 0.937. The summed E-state index contributed by atoms with van der Waals surface area (Å²) in [5.41, 5.74) is 0. The average Bonchev–Trinajstić information content (AvgIpc) is 2.28. The van der Waals surface area contributed by atoms with Crippen molar-refractivity contribution in [2.75, 3.05) is 7.05 Å². The van der Waals surface area contributed by atoms with Crippen LogP contribution in [0, 0.1) is 0 Å². The van der Waals surface area contributed by atoms with Crippen LogP contribution >= 0.6 is 8.18 Å². The Morgan fingerprint density at radius 1 is 1.44 bits per heavy atom. The zero-order valence-electron chi connectivity index (χ0n) is 9.03. The van der Waals surface area contributed by atoms with E-state index < -0.39 is 20.2 Å². The highest BCUT2D eigenvalue weighted by Gasteiger charge is 2.36. The molecule has 1 aromatic carbocycles. The van der Waals surface area contributed by atoms with Crippen molar-refractivity contribution in [1.82, 2.24) is 4.67 Å². The third-order valence-corrected chi connectivity index (χ3v) is 3.33. The highest BCUT2D eigenvalue weighted by molar-refractivity contribution is 7.36. The Bertz CT molecular complexity index is 382. The number of aliphatic carboxylic acids is 1. The lowest BCUT2D eigenvalue weighted by molar-refractivity contribution is -0.140. The molecule has 1 N–H and O–H groups in total. The fraction of sp³-hybridized carbons (Fsp3) is 0.300. The molecular formula is C10H13NO4P+. The number of carboxylic acids is 1. The zero-order valence-corrected chi connectivity index (χ0v) is 9.92. The molecule has 0 radical (unpaired) electrons. The predicted octanol–water partition coefficient (Wildman–Crippen LogP) is 2.13. The van der Waals surface area contributed by atoms with Crippen molar-refractivity contribution in [1.29, 1.82) is 0 Å². The van der Waals surface area contributed by atoms with Crippen molar-refractivity contribution in [2.45, 2.75) is 13.0 Å². The van der Waals surface area contributed by atoms with Crippen molar-refractivity contribution < 1.29 is 19.0 Å². The van der Waals surface area contributed by atoms with Crippen LogP contribution in [-0.2, 0) is 9.36 Å². The largest absolute Gasteiger partial charge is 0.667 e. The van der Waals surface area contributed by atoms with E-state index in [0.717, 1.165) is 0 Å². The highest BCUT2D eigenvalue weighted by Crippen LogP contribution is 2.31. The number of hydrogen-bond acceptors (Lipinski definition) is 3. The van der Waals surface area contributed by atoms with Crippen LogP contribution in [0.2, 0.25) is 0 Å². The van der Waals surface area contributed by atoms with Crippen molar-refractivity contribution in [3.63, 3.8) is 0 Å². The van der Waals surface area contributed by atoms with Gasteiger partial charge in [-0.15, -0.1) is 0 Å². The topological polar surface area (TPSA) is 66.8 Å². The second kappa shape index (κ2) is 5.58. The Labute approximate surface area is 94.6 Å². The van der Waals surface area contributed by atoms with Crippen LogP contribution in [0.5, 0.6) is 5.75 Å². The fourth-order valence-corrected chi connectivity index (χ4v) is 1.75. The third kappa shape index (κ3) is 3.29. The Balaban J connectivity index is 2.63. The van der Waals surface area contributed by atoms with Gasteiger partial charge in [-0.05, 0) is 23.7 Å². The quantitative estimate of drug-likeness (QED) is 0.801. The monoisotopic (exact) mass is 242 g/mol. The standard InChI is InChI=1S/C10H12NO4P/c1-8(10(12)13)11(2)16(14)15-9-6-4-3-5-7-9/h3-8H,1-2H3/p+1/t8-/m0/s1. The number of nitrogens with zero attached hydrogens (tertiary/aromatic N) is 1. The molecule has 5 nitrogen and oxygen atoms in total. The van der Waals surface area contributed by atoms with Gasteiger partial charge in [0.05, 0.1) is 0 Å². The van der Waals surface area contributed by atoms with E-state index in [4.69, 9.17) is 9.63 Å². The molecule has 6 heteroatoms. The molecule has 86 valence electrons. The lowest BCUT2D eigenvalue weighted by Gasteiger charge is -2.07. The normalized spacial score (nSPS) is 13.3. The van der Waals surface area contributed by atoms with Crippen LogP contribution in [0.25, 0.3) is 0 Å². The summed E-state index contributed by atoms with van der Waals surface area (Å²) < 4.78 is 17.9. The van der Waals surface area contributed by atoms with Gasteiger partial charge in [-0.25, -0.2) is 4.52 Å². The Hall–Kier alpha value is -1.45. The summed E-state index contributed by atoms with van der Waals surface area (Å²) in [6, 6.07) is 7.77. The van der Waals surface area contributed by atoms with Gasteiger partial charge < -0.3 is 5.11 Å². The first kappa shape index (κ1) is 12.6. The summed E-state index contributed by atoms with van der Waals surface area (Å²) in [6.07, 6.45) is 0. The molecule has 16 heavy (non-hydrogen) atoms. The molecule has 0 aliphatic heterocycles. The Morgan fingerprint density at radius 2 is 2.00 bits per heavy atom. The smallest absolute Gasteiger partial charge is 0.480 e. The van der Waals surface area contributed by atoms with Gasteiger partial charge in [0.2, 0.25) is 0 Å². The first-order valence-corrected chi connectivity index (χ1v) is 5.81. The molecule has 0 saturated heterocycles. The van der Waals surface area contributed by atoms with Gasteiger partial charge in [-0.1, -0.05) is 18.2 Å². The number of carbonyl (C=O) groups is 1. The molecule has 0 aliphatic carbocycles. The van der Waals surface area contributed by atoms with Crippen molar-refractivity contribution in [2.24, 2.45) is 0 Å². The molecule has 0 aliphatic rings. The van der Waals surface area contributed by atoms with Gasteiger partial charge in [-0.3, -0.25) is 4.79 Å². The molecule has 0 heterocycles. The summed E-state index contributed by atoms with van der Waals surface area (Å²) in [7, 11) is -0.743. The molecule has 1 rings (SSSR count). The van der Waals surface area contributed by atoms with E-state index in [1.54, 1.807) is 24.3 Å². The van der Waals surface area contributed by atoms with E-state index in [1.165, 1.54) is 18.6 Å². The van der Waals surface area contributed by atoms with Crippen LogP contribution in [0.15, 0.2) is 30.3 Å². The zero-order chi connectivity index (χ0) is 12.1. The van der Waals surface area contributed by atoms with Crippen LogP contribution in [0.4, 0.5) is 0 Å². The molecule has 0 bridgehead atoms. The molecular weight excluding hydrogens is 229 g/mol. The molecule has 0 amide bonds. The second-order valence-corrected chi connectivity index (χ2v) is 4.52. The first-order chi connectivity index (χ1) is 7.52. The number of hydrogen-bond donors (Lipinski definition) is 1. The van der Waals surface area contributed by atoms with E-state index in [2.05, 4.69) is 0 Å². The molecule has 1 unspecified atom stereocenters. The lowest BCUT2D eigenvalue weighted by atomic mass is 10.3. The predicted molar refractivity (Wildman–Crippen MR) is 59.5 cm³/mol. The lowest BCUT2D eigenvalue weighted by Crippen LogP contribution is -2.31. The maximum atomic E-state index is 11.6. The molecule has 0 spiro atoms. The summed E-state index contributed by atoms with van der Waals surface area (Å²) in [5.74, 6) is -0.587. The minimum absolute atomic E-state index is 0.452. The van der Waals surface area contributed by atoms with Crippen LogP contribution in [-0.4, -0.2) is 28.8 Å². The molecule has 2 atom stereocenters. The van der Waals surface area contributed by atoms with Gasteiger partial charge in [-0.2, -0.15) is 0 Å². The van der Waals surface area contributed by atoms with E-state index in [9.17, 15) is 9.36 Å². The molecule has 0 aromatic heterocycles. The second-order valence-electron chi connectivity index (χ2n) is 3.23. The average molecular weight is 242 g/mol. The summed E-state index contributed by atoms with van der Waals surface area (Å²) in [5, 5.41) is 8.74. The molecule has 0 saturated carbocycles. The minimum Gasteiger partial charge on any atom is -0.480 e. The first-order valence-electron chi connectivity index (χ1n) is 4.68. The molecule has 0 fully saturated rings. The van der Waals surface area contributed by atoms with E-state index >= 15 is 0 Å². The third-order valence-electron chi connectivity index (χ3n) is 2.10. The number of benzene rings is 1. The summed E-state index contributed by atoms with van der Waals surface area (Å²) >= 11 is 0. The Morgan fingerprint density at radius 3 is 2.50 bits per heavy atom. The van der Waals surface area contributed by atoms with Crippen LogP contribution < -0.4 is 4.52 Å². The number of likely N-dealkylation sites (N-methyl/N-ethyl adjacent to an activating group) is 1. The number of carboxylic acid groups (broad SMARTS) is 1. The summed E-state index contributed by atoms with van der Waals surface area (Å²) in [6.45, 7) is 1.45. The maximum Gasteiger partial charge on any atom is 0.667 e. The highest BCUT2D eigenvalue weighted by atomic mass is 31.1. The van der Waals surface area contributed by atoms with E-state index in [0.29, 0.717) is 5.75 Å². The van der Waals surface area contributed by atoms with Gasteiger partial charge >= 0.3 is 14.1 Å². The summed E-state index contributed by atoms with van der Waals surface area (Å²) in [4.78, 5) is 10.7. The van der Waals surface area contributed by atoms with Gasteiger partial charge in [0.1, 0.15) is 0 Å². The minimum atomic E-state index is -2.19. The van der Waals surface area contributed by atoms with E-state index in [-0.39, 0.29) is 0 Å². The Kier molecular flexibility index (Phi) is 4.40. The van der Waals surface area contributed by atoms with Crippen molar-refractivity contribution >= 4 is 14.1 Å². The van der Waals surface area contributed by atoms with E-state index in [1.807, 2.05) is 6.07 Å². The van der Waals surface area contributed by atoms with Crippen LogP contribution in [0.3, 0.4) is 0 Å². The molecule has 1 aromatic rings. The number of rotatable bonds is 5. The van der Waals surface area contributed by atoms with Gasteiger partial charge in [0, 0.05) is 11.6 Å². The van der Waals surface area contributed by atoms with Crippen molar-refractivity contribution in [3.05, 3.63) is 30.3 Å².